The highest BCUT2D eigenvalue weighted by atomic mass is 32.2. The predicted molar refractivity (Wildman–Crippen MR) is 126 cm³/mol. The molecule has 35 heavy (non-hydrogen) atoms. The summed E-state index contributed by atoms with van der Waals surface area (Å²) in [6.07, 6.45) is 2.60. The van der Waals surface area contributed by atoms with E-state index in [0.29, 0.717) is 13.1 Å². The highest BCUT2D eigenvalue weighted by molar-refractivity contribution is 7.89. The third kappa shape index (κ3) is 4.73. The fourth-order valence-electron chi connectivity index (χ4n) is 4.52. The summed E-state index contributed by atoms with van der Waals surface area (Å²) < 4.78 is 47.1. The van der Waals surface area contributed by atoms with Gasteiger partial charge in [0.2, 0.25) is 10.0 Å². The van der Waals surface area contributed by atoms with Gasteiger partial charge >= 0.3 is 0 Å². The molecule has 0 aliphatic carbocycles. The molecule has 0 radical (unpaired) electrons. The molecule has 1 atom stereocenters. The molecule has 1 unspecified atom stereocenters. The van der Waals surface area contributed by atoms with Crippen molar-refractivity contribution >= 4 is 27.5 Å². The lowest BCUT2D eigenvalue weighted by Crippen LogP contribution is -2.35. The lowest BCUT2D eigenvalue weighted by atomic mass is 9.95. The van der Waals surface area contributed by atoms with Crippen LogP contribution in [0, 0.1) is 5.82 Å². The van der Waals surface area contributed by atoms with E-state index >= 15 is 0 Å². The quantitative estimate of drug-likeness (QED) is 0.355. The van der Waals surface area contributed by atoms with E-state index in [1.165, 1.54) is 58.8 Å². The number of ketones is 1. The first-order chi connectivity index (χ1) is 16.8. The van der Waals surface area contributed by atoms with Crippen LogP contribution in [-0.2, 0) is 24.3 Å². The lowest BCUT2D eigenvalue weighted by Gasteiger charge is -2.26. The Morgan fingerprint density at radius 3 is 2.34 bits per heavy atom. The Bertz CT molecular complexity index is 1250. The number of hydrogen-bond donors (Lipinski definition) is 1. The standard InChI is InChI=1S/C25H27FN2O6S/c1-34-16-15-28-22(19-7-3-4-8-20(19)26)21(24(30)25(28)31)23(29)17-9-11-18(12-10-17)35(32,33)27-13-5-2-6-14-27/h3-4,7-12,22,29H,2,5-6,13-16H2,1H3/b23-21-. The molecule has 0 aromatic heterocycles. The summed E-state index contributed by atoms with van der Waals surface area (Å²) in [5, 5.41) is 11.1. The third-order valence-electron chi connectivity index (χ3n) is 6.36. The smallest absolute Gasteiger partial charge is 0.295 e. The van der Waals surface area contributed by atoms with Crippen molar-refractivity contribution < 1.29 is 32.2 Å². The van der Waals surface area contributed by atoms with E-state index in [1.807, 2.05) is 0 Å². The molecule has 0 saturated carbocycles. The number of sulfonamides is 1. The van der Waals surface area contributed by atoms with Crippen LogP contribution in [0.25, 0.3) is 5.76 Å². The first-order valence-corrected chi connectivity index (χ1v) is 12.8. The zero-order valence-electron chi connectivity index (χ0n) is 19.3. The maximum absolute atomic E-state index is 14.7. The van der Waals surface area contributed by atoms with Crippen molar-refractivity contribution in [1.82, 2.24) is 9.21 Å². The Hall–Kier alpha value is -3.08. The van der Waals surface area contributed by atoms with Crippen LogP contribution >= 0.6 is 0 Å². The van der Waals surface area contributed by atoms with Gasteiger partial charge in [-0.3, -0.25) is 9.59 Å². The number of piperidine rings is 1. The van der Waals surface area contributed by atoms with Crippen LogP contribution in [-0.4, -0.2) is 67.8 Å². The molecular formula is C25H27FN2O6S. The normalized spacial score (nSPS) is 21.0. The fourth-order valence-corrected chi connectivity index (χ4v) is 6.03. The molecule has 0 spiro atoms. The number of rotatable bonds is 7. The summed E-state index contributed by atoms with van der Waals surface area (Å²) in [5.41, 5.74) is -0.0508. The second-order valence-corrected chi connectivity index (χ2v) is 10.4. The van der Waals surface area contributed by atoms with Gasteiger partial charge in [-0.05, 0) is 43.2 Å². The van der Waals surface area contributed by atoms with Crippen LogP contribution < -0.4 is 0 Å². The van der Waals surface area contributed by atoms with Gasteiger partial charge in [0.25, 0.3) is 11.7 Å². The molecule has 2 fully saturated rings. The van der Waals surface area contributed by atoms with Crippen LogP contribution in [0.5, 0.6) is 0 Å². The molecule has 0 bridgehead atoms. The van der Waals surface area contributed by atoms with E-state index in [4.69, 9.17) is 4.74 Å². The SMILES string of the molecule is COCCN1C(=O)C(=O)/C(=C(\O)c2ccc(S(=O)(=O)N3CCCCC3)cc2)C1c1ccccc1F. The van der Waals surface area contributed by atoms with E-state index in [2.05, 4.69) is 0 Å². The molecule has 2 heterocycles. The zero-order chi connectivity index (χ0) is 25.2. The Balaban J connectivity index is 1.75. The van der Waals surface area contributed by atoms with E-state index in [9.17, 15) is 27.5 Å². The Kier molecular flexibility index (Phi) is 7.34. The number of carbonyl (C=O) groups excluding carboxylic acids is 2. The molecule has 2 aromatic carbocycles. The van der Waals surface area contributed by atoms with Crippen LogP contribution in [0.3, 0.4) is 0 Å². The molecular weight excluding hydrogens is 475 g/mol. The highest BCUT2D eigenvalue weighted by Gasteiger charge is 2.46. The fraction of sp³-hybridized carbons (Fsp3) is 0.360. The summed E-state index contributed by atoms with van der Waals surface area (Å²) in [6.45, 7) is 1.04. The van der Waals surface area contributed by atoms with Crippen molar-refractivity contribution in [2.75, 3.05) is 33.4 Å². The van der Waals surface area contributed by atoms with E-state index in [-0.39, 0.29) is 34.7 Å². The lowest BCUT2D eigenvalue weighted by molar-refractivity contribution is -0.140. The van der Waals surface area contributed by atoms with Crippen molar-refractivity contribution in [1.29, 1.82) is 0 Å². The summed E-state index contributed by atoms with van der Waals surface area (Å²) >= 11 is 0. The minimum atomic E-state index is -3.68. The molecule has 2 aromatic rings. The number of hydrogen-bond acceptors (Lipinski definition) is 6. The molecule has 10 heteroatoms. The van der Waals surface area contributed by atoms with Gasteiger partial charge in [0.15, 0.2) is 0 Å². The summed E-state index contributed by atoms with van der Waals surface area (Å²) in [4.78, 5) is 27.0. The van der Waals surface area contributed by atoms with Crippen molar-refractivity contribution in [3.05, 3.63) is 71.0 Å². The summed E-state index contributed by atoms with van der Waals surface area (Å²) in [7, 11) is -2.24. The molecule has 8 nitrogen and oxygen atoms in total. The number of likely N-dealkylation sites (tertiary alicyclic amines) is 1. The number of aliphatic hydroxyl groups is 1. The van der Waals surface area contributed by atoms with Crippen LogP contribution in [0.4, 0.5) is 4.39 Å². The molecule has 1 N–H and O–H groups in total. The van der Waals surface area contributed by atoms with Crippen LogP contribution in [0.15, 0.2) is 59.0 Å². The first-order valence-electron chi connectivity index (χ1n) is 11.4. The summed E-state index contributed by atoms with van der Waals surface area (Å²) in [5.74, 6) is -2.95. The zero-order valence-corrected chi connectivity index (χ0v) is 20.1. The Morgan fingerprint density at radius 2 is 1.71 bits per heavy atom. The van der Waals surface area contributed by atoms with Gasteiger partial charge in [-0.15, -0.1) is 0 Å². The Morgan fingerprint density at radius 1 is 1.06 bits per heavy atom. The number of halogens is 1. The number of benzene rings is 2. The Labute approximate surface area is 203 Å². The highest BCUT2D eigenvalue weighted by Crippen LogP contribution is 2.40. The predicted octanol–water partition coefficient (Wildman–Crippen LogP) is 3.07. The number of aliphatic hydroxyl groups excluding tert-OH is 1. The van der Waals surface area contributed by atoms with Gasteiger partial charge in [-0.2, -0.15) is 4.31 Å². The molecule has 2 aliphatic heterocycles. The number of amides is 1. The monoisotopic (exact) mass is 502 g/mol. The van der Waals surface area contributed by atoms with Gasteiger partial charge < -0.3 is 14.7 Å². The molecule has 1 amide bonds. The topological polar surface area (TPSA) is 104 Å². The number of methoxy groups -OCH3 is 1. The second-order valence-electron chi connectivity index (χ2n) is 8.50. The summed E-state index contributed by atoms with van der Waals surface area (Å²) in [6, 6.07) is 10.1. The van der Waals surface area contributed by atoms with Crippen molar-refractivity contribution in [3.8, 4) is 0 Å². The van der Waals surface area contributed by atoms with Gasteiger partial charge in [-0.1, -0.05) is 24.6 Å². The molecule has 186 valence electrons. The maximum Gasteiger partial charge on any atom is 0.295 e. The van der Waals surface area contributed by atoms with Crippen molar-refractivity contribution in [2.45, 2.75) is 30.2 Å². The third-order valence-corrected chi connectivity index (χ3v) is 8.27. The minimum Gasteiger partial charge on any atom is -0.507 e. The number of carbonyl (C=O) groups is 2. The van der Waals surface area contributed by atoms with Crippen molar-refractivity contribution in [3.63, 3.8) is 0 Å². The second kappa shape index (κ2) is 10.3. The van der Waals surface area contributed by atoms with E-state index in [0.717, 1.165) is 19.3 Å². The maximum atomic E-state index is 14.7. The average Bonchev–Trinajstić information content (AvgIpc) is 3.12. The molecule has 2 saturated heterocycles. The largest absolute Gasteiger partial charge is 0.507 e. The minimum absolute atomic E-state index is 0.0177. The van der Waals surface area contributed by atoms with E-state index in [1.54, 1.807) is 6.07 Å². The van der Waals surface area contributed by atoms with Gasteiger partial charge in [0, 0.05) is 37.9 Å². The number of Topliss-reactive ketones (excluding diaryl/α,β-unsaturated/α-hetero) is 1. The van der Waals surface area contributed by atoms with Gasteiger partial charge in [0.1, 0.15) is 11.6 Å². The molecule has 2 aliphatic rings. The van der Waals surface area contributed by atoms with E-state index < -0.39 is 39.3 Å². The van der Waals surface area contributed by atoms with Crippen LogP contribution in [0.2, 0.25) is 0 Å². The number of nitrogens with zero attached hydrogens (tertiary/aromatic N) is 2. The van der Waals surface area contributed by atoms with Gasteiger partial charge in [0.05, 0.1) is 23.1 Å². The first kappa shape index (κ1) is 25.0. The average molecular weight is 503 g/mol. The van der Waals surface area contributed by atoms with Gasteiger partial charge in [-0.25, -0.2) is 12.8 Å². The number of ether oxygens (including phenoxy) is 1. The molecule has 4 rings (SSSR count). The van der Waals surface area contributed by atoms with Crippen LogP contribution in [0.1, 0.15) is 36.4 Å². The van der Waals surface area contributed by atoms with Crippen molar-refractivity contribution in [2.24, 2.45) is 0 Å².